The molecule has 0 aromatic heterocycles. The third-order valence-corrected chi connectivity index (χ3v) is 4.36. The Hall–Kier alpha value is -1.84. The van der Waals surface area contributed by atoms with Gasteiger partial charge in [0.25, 0.3) is 5.91 Å². The number of aryl methyl sites for hydroxylation is 1. The molecule has 1 heterocycles. The Bertz CT molecular complexity index is 699. The van der Waals surface area contributed by atoms with Gasteiger partial charge in [0, 0.05) is 23.2 Å². The SMILES string of the molecule is Cc1ccc(Cl)cc1C(=O)NCC1NCCc2ccccc21. The normalized spacial score (nSPS) is 16.9. The molecule has 1 amide bonds. The summed E-state index contributed by atoms with van der Waals surface area (Å²) < 4.78 is 0. The third-order valence-electron chi connectivity index (χ3n) is 4.13. The number of halogens is 1. The molecule has 2 aromatic rings. The van der Waals surface area contributed by atoms with Crippen LogP contribution in [-0.4, -0.2) is 19.0 Å². The highest BCUT2D eigenvalue weighted by Gasteiger charge is 2.20. The van der Waals surface area contributed by atoms with Crippen molar-refractivity contribution in [3.05, 3.63) is 69.7 Å². The van der Waals surface area contributed by atoms with Gasteiger partial charge in [-0.1, -0.05) is 41.9 Å². The molecule has 4 heteroatoms. The molecule has 22 heavy (non-hydrogen) atoms. The van der Waals surface area contributed by atoms with Crippen LogP contribution in [0.15, 0.2) is 42.5 Å². The van der Waals surface area contributed by atoms with Crippen LogP contribution in [0.5, 0.6) is 0 Å². The standard InChI is InChI=1S/C18H19ClN2O/c1-12-6-7-14(19)10-16(12)18(22)21-11-17-15-5-3-2-4-13(15)8-9-20-17/h2-7,10,17,20H,8-9,11H2,1H3,(H,21,22). The maximum absolute atomic E-state index is 12.4. The van der Waals surface area contributed by atoms with Crippen molar-refractivity contribution in [2.45, 2.75) is 19.4 Å². The van der Waals surface area contributed by atoms with Crippen molar-refractivity contribution in [2.24, 2.45) is 0 Å². The zero-order chi connectivity index (χ0) is 15.5. The molecule has 0 fully saturated rings. The summed E-state index contributed by atoms with van der Waals surface area (Å²) in [6.45, 7) is 3.43. The fourth-order valence-corrected chi connectivity index (χ4v) is 3.08. The van der Waals surface area contributed by atoms with Crippen molar-refractivity contribution in [3.63, 3.8) is 0 Å². The number of rotatable bonds is 3. The quantitative estimate of drug-likeness (QED) is 0.913. The molecule has 0 bridgehead atoms. The fraction of sp³-hybridized carbons (Fsp3) is 0.278. The van der Waals surface area contributed by atoms with Gasteiger partial charge in [-0.2, -0.15) is 0 Å². The van der Waals surface area contributed by atoms with E-state index in [0.29, 0.717) is 17.1 Å². The van der Waals surface area contributed by atoms with Gasteiger partial charge in [-0.25, -0.2) is 0 Å². The summed E-state index contributed by atoms with van der Waals surface area (Å²) in [7, 11) is 0. The van der Waals surface area contributed by atoms with Gasteiger partial charge in [0.1, 0.15) is 0 Å². The van der Waals surface area contributed by atoms with Gasteiger partial charge in [-0.3, -0.25) is 4.79 Å². The summed E-state index contributed by atoms with van der Waals surface area (Å²) in [6, 6.07) is 13.9. The lowest BCUT2D eigenvalue weighted by atomic mass is 9.94. The van der Waals surface area contributed by atoms with Crippen molar-refractivity contribution < 1.29 is 4.79 Å². The Balaban J connectivity index is 1.71. The van der Waals surface area contributed by atoms with Crippen LogP contribution in [-0.2, 0) is 6.42 Å². The Labute approximate surface area is 135 Å². The van der Waals surface area contributed by atoms with Crippen molar-refractivity contribution in [1.82, 2.24) is 10.6 Å². The van der Waals surface area contributed by atoms with E-state index in [1.807, 2.05) is 19.1 Å². The van der Waals surface area contributed by atoms with Gasteiger partial charge in [-0.15, -0.1) is 0 Å². The average Bonchev–Trinajstić information content (AvgIpc) is 2.54. The van der Waals surface area contributed by atoms with E-state index in [-0.39, 0.29) is 11.9 Å². The number of carbonyl (C=O) groups excluding carboxylic acids is 1. The summed E-state index contributed by atoms with van der Waals surface area (Å²) >= 11 is 5.98. The minimum atomic E-state index is -0.0788. The summed E-state index contributed by atoms with van der Waals surface area (Å²) in [5.74, 6) is -0.0788. The molecule has 0 spiro atoms. The molecule has 3 rings (SSSR count). The van der Waals surface area contributed by atoms with E-state index >= 15 is 0 Å². The predicted molar refractivity (Wildman–Crippen MR) is 89.4 cm³/mol. The molecule has 0 aliphatic carbocycles. The second-order valence-corrected chi connectivity index (χ2v) is 6.06. The smallest absolute Gasteiger partial charge is 0.251 e. The van der Waals surface area contributed by atoms with E-state index < -0.39 is 0 Å². The molecule has 1 unspecified atom stereocenters. The summed E-state index contributed by atoms with van der Waals surface area (Å²) in [6.07, 6.45) is 1.04. The van der Waals surface area contributed by atoms with E-state index in [1.54, 1.807) is 12.1 Å². The summed E-state index contributed by atoms with van der Waals surface area (Å²) in [5, 5.41) is 7.07. The fourth-order valence-electron chi connectivity index (χ4n) is 2.90. The molecule has 114 valence electrons. The number of amides is 1. The lowest BCUT2D eigenvalue weighted by Gasteiger charge is -2.27. The second kappa shape index (κ2) is 6.51. The highest BCUT2D eigenvalue weighted by molar-refractivity contribution is 6.31. The van der Waals surface area contributed by atoms with Crippen molar-refractivity contribution in [3.8, 4) is 0 Å². The highest BCUT2D eigenvalue weighted by Crippen LogP contribution is 2.22. The van der Waals surface area contributed by atoms with Crippen molar-refractivity contribution >= 4 is 17.5 Å². The molecular weight excluding hydrogens is 296 g/mol. The largest absolute Gasteiger partial charge is 0.350 e. The van der Waals surface area contributed by atoms with E-state index in [1.165, 1.54) is 11.1 Å². The lowest BCUT2D eigenvalue weighted by molar-refractivity contribution is 0.0948. The second-order valence-electron chi connectivity index (χ2n) is 5.62. The first-order valence-corrected chi connectivity index (χ1v) is 7.88. The highest BCUT2D eigenvalue weighted by atomic mass is 35.5. The van der Waals surface area contributed by atoms with Crippen LogP contribution in [0.1, 0.15) is 33.1 Å². The molecule has 0 saturated carbocycles. The molecule has 0 saturated heterocycles. The molecule has 3 nitrogen and oxygen atoms in total. The zero-order valence-corrected chi connectivity index (χ0v) is 13.3. The van der Waals surface area contributed by atoms with E-state index in [9.17, 15) is 4.79 Å². The van der Waals surface area contributed by atoms with E-state index in [4.69, 9.17) is 11.6 Å². The van der Waals surface area contributed by atoms with Gasteiger partial charge in [0.15, 0.2) is 0 Å². The Morgan fingerprint density at radius 3 is 3.00 bits per heavy atom. The van der Waals surface area contributed by atoms with Crippen LogP contribution in [0.2, 0.25) is 5.02 Å². The van der Waals surface area contributed by atoms with Crippen molar-refractivity contribution in [2.75, 3.05) is 13.1 Å². The van der Waals surface area contributed by atoms with Crippen molar-refractivity contribution in [1.29, 1.82) is 0 Å². The van der Waals surface area contributed by atoms with E-state index in [0.717, 1.165) is 18.5 Å². The molecular formula is C18H19ClN2O. The molecule has 0 radical (unpaired) electrons. The summed E-state index contributed by atoms with van der Waals surface area (Å²) in [5.41, 5.74) is 4.20. The van der Waals surface area contributed by atoms with Crippen LogP contribution in [0, 0.1) is 6.92 Å². The van der Waals surface area contributed by atoms with Gasteiger partial charge in [0.05, 0.1) is 0 Å². The van der Waals surface area contributed by atoms with Gasteiger partial charge in [0.2, 0.25) is 0 Å². The molecule has 1 aliphatic rings. The van der Waals surface area contributed by atoms with Gasteiger partial charge >= 0.3 is 0 Å². The number of hydrogen-bond acceptors (Lipinski definition) is 2. The monoisotopic (exact) mass is 314 g/mol. The zero-order valence-electron chi connectivity index (χ0n) is 12.5. The maximum Gasteiger partial charge on any atom is 0.251 e. The van der Waals surface area contributed by atoms with Crippen LogP contribution in [0.3, 0.4) is 0 Å². The lowest BCUT2D eigenvalue weighted by Crippen LogP contribution is -2.39. The Kier molecular flexibility index (Phi) is 4.46. The molecule has 2 N–H and O–H groups in total. The topological polar surface area (TPSA) is 41.1 Å². The van der Waals surface area contributed by atoms with Gasteiger partial charge < -0.3 is 10.6 Å². The maximum atomic E-state index is 12.4. The number of fused-ring (bicyclic) bond motifs is 1. The van der Waals surface area contributed by atoms with Crippen LogP contribution >= 0.6 is 11.6 Å². The number of hydrogen-bond donors (Lipinski definition) is 2. The first kappa shape index (κ1) is 15.1. The van der Waals surface area contributed by atoms with Crippen LogP contribution in [0.25, 0.3) is 0 Å². The summed E-state index contributed by atoms with van der Waals surface area (Å²) in [4.78, 5) is 12.4. The Morgan fingerprint density at radius 2 is 2.14 bits per heavy atom. The predicted octanol–water partition coefficient (Wildman–Crippen LogP) is 3.27. The number of benzene rings is 2. The average molecular weight is 315 g/mol. The van der Waals surface area contributed by atoms with Crippen LogP contribution in [0.4, 0.5) is 0 Å². The Morgan fingerprint density at radius 1 is 1.32 bits per heavy atom. The van der Waals surface area contributed by atoms with E-state index in [2.05, 4.69) is 28.8 Å². The first-order valence-electron chi connectivity index (χ1n) is 7.50. The first-order chi connectivity index (χ1) is 10.6. The molecule has 2 aromatic carbocycles. The minimum Gasteiger partial charge on any atom is -0.350 e. The molecule has 1 atom stereocenters. The minimum absolute atomic E-state index is 0.0788. The third kappa shape index (κ3) is 3.16. The van der Waals surface area contributed by atoms with Crippen LogP contribution < -0.4 is 10.6 Å². The number of nitrogens with one attached hydrogen (secondary N) is 2. The number of carbonyl (C=O) groups is 1. The van der Waals surface area contributed by atoms with Gasteiger partial charge in [-0.05, 0) is 48.7 Å². The molecule has 1 aliphatic heterocycles.